The number of hydrogen-bond acceptors (Lipinski definition) is 3. The van der Waals surface area contributed by atoms with Gasteiger partial charge in [0.2, 0.25) is 5.91 Å². The van der Waals surface area contributed by atoms with Crippen molar-refractivity contribution in [3.05, 3.63) is 108 Å². The van der Waals surface area contributed by atoms with Gasteiger partial charge in [0, 0.05) is 18.1 Å². The average molecular weight is 353 g/mol. The lowest BCUT2D eigenvalue weighted by molar-refractivity contribution is -0.119. The highest BCUT2D eigenvalue weighted by Gasteiger charge is 2.48. The molecule has 0 atom stereocenters. The van der Waals surface area contributed by atoms with Crippen molar-refractivity contribution in [2.45, 2.75) is 12.5 Å². The van der Waals surface area contributed by atoms with Crippen LogP contribution in [-0.4, -0.2) is 17.3 Å². The second kappa shape index (κ2) is 7.00. The molecule has 0 bridgehead atoms. The highest BCUT2D eigenvalue weighted by molar-refractivity contribution is 6.30. The molecule has 3 aromatic rings. The minimum absolute atomic E-state index is 0.145. The van der Waals surface area contributed by atoms with E-state index >= 15 is 0 Å². The highest BCUT2D eigenvalue weighted by Crippen LogP contribution is 2.35. The summed E-state index contributed by atoms with van der Waals surface area (Å²) < 4.78 is 0. The van der Waals surface area contributed by atoms with Crippen LogP contribution in [0.5, 0.6) is 0 Å². The van der Waals surface area contributed by atoms with Crippen LogP contribution in [0.3, 0.4) is 0 Å². The Bertz CT molecular complexity index is 954. The molecule has 1 aliphatic heterocycles. The highest BCUT2D eigenvalue weighted by atomic mass is 16.1. The van der Waals surface area contributed by atoms with Gasteiger partial charge in [-0.1, -0.05) is 91.0 Å². The second-order valence-corrected chi connectivity index (χ2v) is 6.43. The molecule has 0 saturated carbocycles. The predicted molar refractivity (Wildman–Crippen MR) is 108 cm³/mol. The number of carbonyl (C=O) groups excluding carboxylic acids is 1. The van der Waals surface area contributed by atoms with E-state index in [0.29, 0.717) is 11.4 Å². The van der Waals surface area contributed by atoms with Gasteiger partial charge in [-0.2, -0.15) is 10.2 Å². The summed E-state index contributed by atoms with van der Waals surface area (Å²) in [5, 5.41) is 12.2. The Hall–Kier alpha value is -3.53. The van der Waals surface area contributed by atoms with Gasteiger partial charge in [-0.15, -0.1) is 0 Å². The lowest BCUT2D eigenvalue weighted by Gasteiger charge is -2.34. The van der Waals surface area contributed by atoms with Crippen LogP contribution in [0.15, 0.2) is 101 Å². The monoisotopic (exact) mass is 353 g/mol. The third-order valence-electron chi connectivity index (χ3n) is 4.63. The van der Waals surface area contributed by atoms with Crippen LogP contribution in [0.25, 0.3) is 0 Å². The first-order chi connectivity index (χ1) is 13.2. The molecule has 4 rings (SSSR count). The van der Waals surface area contributed by atoms with E-state index in [9.17, 15) is 4.79 Å². The quantitative estimate of drug-likeness (QED) is 0.759. The average Bonchev–Trinajstić information content (AvgIpc) is 3.09. The van der Waals surface area contributed by atoms with Crippen LogP contribution in [0.2, 0.25) is 0 Å². The molecule has 27 heavy (non-hydrogen) atoms. The van der Waals surface area contributed by atoms with Gasteiger partial charge in [-0.05, 0) is 5.56 Å². The summed E-state index contributed by atoms with van der Waals surface area (Å²) in [6, 6.07) is 29.6. The smallest absolute Gasteiger partial charge is 0.218 e. The van der Waals surface area contributed by atoms with Crippen molar-refractivity contribution in [1.82, 2.24) is 5.32 Å². The summed E-state index contributed by atoms with van der Waals surface area (Å²) >= 11 is 0. The van der Waals surface area contributed by atoms with Crippen molar-refractivity contribution in [2.24, 2.45) is 10.2 Å². The molecule has 1 N–H and O–H groups in total. The summed E-state index contributed by atoms with van der Waals surface area (Å²) in [4.78, 5) is 12.3. The number of hydrogen-bond donors (Lipinski definition) is 1. The molecule has 0 aliphatic carbocycles. The van der Waals surface area contributed by atoms with Gasteiger partial charge in [0.1, 0.15) is 11.4 Å². The first-order valence-corrected chi connectivity index (χ1v) is 8.83. The zero-order valence-corrected chi connectivity index (χ0v) is 15.0. The van der Waals surface area contributed by atoms with E-state index in [4.69, 9.17) is 0 Å². The molecule has 1 aliphatic rings. The Morgan fingerprint density at radius 2 is 1.11 bits per heavy atom. The first kappa shape index (κ1) is 16.9. The van der Waals surface area contributed by atoms with Gasteiger partial charge in [0.15, 0.2) is 5.54 Å². The molecule has 0 aromatic heterocycles. The summed E-state index contributed by atoms with van der Waals surface area (Å²) in [6.45, 7) is 1.52. The predicted octanol–water partition coefficient (Wildman–Crippen LogP) is 3.93. The van der Waals surface area contributed by atoms with Crippen molar-refractivity contribution in [1.29, 1.82) is 0 Å². The number of amides is 1. The molecule has 0 radical (unpaired) electrons. The van der Waals surface area contributed by atoms with Crippen LogP contribution >= 0.6 is 0 Å². The van der Waals surface area contributed by atoms with Gasteiger partial charge in [0.05, 0.1) is 0 Å². The zero-order chi connectivity index (χ0) is 18.7. The van der Waals surface area contributed by atoms with E-state index in [2.05, 4.69) is 15.5 Å². The van der Waals surface area contributed by atoms with Gasteiger partial charge in [-0.25, -0.2) is 0 Å². The molecule has 0 saturated heterocycles. The first-order valence-electron chi connectivity index (χ1n) is 8.83. The van der Waals surface area contributed by atoms with Crippen molar-refractivity contribution < 1.29 is 4.79 Å². The third kappa shape index (κ3) is 2.95. The van der Waals surface area contributed by atoms with Crippen LogP contribution in [-0.2, 0) is 10.3 Å². The maximum Gasteiger partial charge on any atom is 0.218 e. The standard InChI is InChI=1S/C23H19N3O/c1-17(27)24-23(20-15-9-4-10-16-20)21(18-11-5-2-6-12-18)25-26-22(23)19-13-7-3-8-14-19/h2-16H,1H3,(H,24,27). The molecule has 4 nitrogen and oxygen atoms in total. The SMILES string of the molecule is CC(=O)NC1(c2ccccc2)C(c2ccccc2)=NN=C1c1ccccc1. The number of rotatable bonds is 4. The Labute approximate surface area is 158 Å². The van der Waals surface area contributed by atoms with Crippen molar-refractivity contribution >= 4 is 17.3 Å². The fourth-order valence-corrected chi connectivity index (χ4v) is 3.52. The topological polar surface area (TPSA) is 53.8 Å². The Morgan fingerprint density at radius 1 is 0.704 bits per heavy atom. The van der Waals surface area contributed by atoms with Gasteiger partial charge >= 0.3 is 0 Å². The van der Waals surface area contributed by atoms with Crippen LogP contribution < -0.4 is 5.32 Å². The Balaban J connectivity index is 1.98. The largest absolute Gasteiger partial charge is 0.336 e. The van der Waals surface area contributed by atoms with Crippen molar-refractivity contribution in [3.8, 4) is 0 Å². The van der Waals surface area contributed by atoms with Gasteiger partial charge in [0.25, 0.3) is 0 Å². The third-order valence-corrected chi connectivity index (χ3v) is 4.63. The summed E-state index contributed by atoms with van der Waals surface area (Å²) in [6.07, 6.45) is 0. The molecule has 0 fully saturated rings. The van der Waals surface area contributed by atoms with E-state index in [1.165, 1.54) is 6.92 Å². The molecule has 0 spiro atoms. The second-order valence-electron chi connectivity index (χ2n) is 6.43. The van der Waals surface area contributed by atoms with Crippen LogP contribution in [0, 0.1) is 0 Å². The molecule has 1 heterocycles. The van der Waals surface area contributed by atoms with E-state index in [1.54, 1.807) is 0 Å². The Morgan fingerprint density at radius 3 is 1.52 bits per heavy atom. The summed E-state index contributed by atoms with van der Waals surface area (Å²) in [7, 11) is 0. The fourth-order valence-electron chi connectivity index (χ4n) is 3.52. The van der Waals surface area contributed by atoms with E-state index in [1.807, 2.05) is 91.0 Å². The number of carbonyl (C=O) groups is 1. The maximum atomic E-state index is 12.3. The minimum Gasteiger partial charge on any atom is -0.336 e. The summed E-state index contributed by atoms with van der Waals surface area (Å²) in [5.41, 5.74) is 3.24. The number of nitrogens with one attached hydrogen (secondary N) is 1. The van der Waals surface area contributed by atoms with Gasteiger partial charge < -0.3 is 5.32 Å². The fraction of sp³-hybridized carbons (Fsp3) is 0.0870. The molecular formula is C23H19N3O. The lowest BCUT2D eigenvalue weighted by Crippen LogP contribution is -2.55. The molecule has 132 valence electrons. The zero-order valence-electron chi connectivity index (χ0n) is 15.0. The lowest BCUT2D eigenvalue weighted by atomic mass is 9.76. The van der Waals surface area contributed by atoms with E-state index < -0.39 is 5.54 Å². The molecule has 1 amide bonds. The Kier molecular flexibility index (Phi) is 4.38. The summed E-state index contributed by atoms with van der Waals surface area (Å²) in [5.74, 6) is -0.145. The molecule has 3 aromatic carbocycles. The number of nitrogens with zero attached hydrogens (tertiary/aromatic N) is 2. The van der Waals surface area contributed by atoms with E-state index in [0.717, 1.165) is 16.7 Å². The van der Waals surface area contributed by atoms with Crippen molar-refractivity contribution in [2.75, 3.05) is 0 Å². The normalized spacial score (nSPS) is 15.0. The van der Waals surface area contributed by atoms with Crippen molar-refractivity contribution in [3.63, 3.8) is 0 Å². The molecule has 0 unspecified atom stereocenters. The van der Waals surface area contributed by atoms with Crippen LogP contribution in [0.4, 0.5) is 0 Å². The van der Waals surface area contributed by atoms with E-state index in [-0.39, 0.29) is 5.91 Å². The molecular weight excluding hydrogens is 334 g/mol. The molecule has 4 heteroatoms. The van der Waals surface area contributed by atoms with Crippen LogP contribution in [0.1, 0.15) is 23.6 Å². The maximum absolute atomic E-state index is 12.3. The minimum atomic E-state index is -0.949. The number of benzene rings is 3. The van der Waals surface area contributed by atoms with Gasteiger partial charge in [-0.3, -0.25) is 4.79 Å².